The Balaban J connectivity index is 2.60. The summed E-state index contributed by atoms with van der Waals surface area (Å²) < 4.78 is 10.5. The van der Waals surface area contributed by atoms with Gasteiger partial charge in [0.25, 0.3) is 0 Å². The fraction of sp³-hybridized carbons (Fsp3) is 0.812. The van der Waals surface area contributed by atoms with Gasteiger partial charge in [0, 0.05) is 6.42 Å². The molecule has 1 atom stereocenters. The van der Waals surface area contributed by atoms with Crippen molar-refractivity contribution in [1.82, 2.24) is 5.32 Å². The number of rotatable bonds is 6. The standard InChI is InChI=1S/C16H27NO6/c1-16(2,3)23-15(21)17-12(9-10-13(18)19)14(20)22-11-7-5-4-6-8-11/h11-12H,4-10H2,1-3H3,(H,17,21)(H,18,19)/t12-/m0/s1. The van der Waals surface area contributed by atoms with E-state index in [0.717, 1.165) is 32.1 Å². The van der Waals surface area contributed by atoms with Crippen LogP contribution in [0.1, 0.15) is 65.7 Å². The van der Waals surface area contributed by atoms with Crippen LogP contribution in [0.25, 0.3) is 0 Å². The molecular formula is C16H27NO6. The number of carboxylic acids is 1. The van der Waals surface area contributed by atoms with Crippen LogP contribution in [0.5, 0.6) is 0 Å². The molecule has 1 fully saturated rings. The third-order valence-electron chi connectivity index (χ3n) is 3.46. The summed E-state index contributed by atoms with van der Waals surface area (Å²) in [5, 5.41) is 11.2. The minimum Gasteiger partial charge on any atom is -0.481 e. The number of hydrogen-bond acceptors (Lipinski definition) is 5. The van der Waals surface area contributed by atoms with Gasteiger partial charge >= 0.3 is 18.0 Å². The average molecular weight is 329 g/mol. The molecule has 7 nitrogen and oxygen atoms in total. The molecule has 1 saturated carbocycles. The van der Waals surface area contributed by atoms with E-state index in [9.17, 15) is 14.4 Å². The van der Waals surface area contributed by atoms with Crippen LogP contribution in [-0.2, 0) is 19.1 Å². The van der Waals surface area contributed by atoms with Crippen molar-refractivity contribution in [3.63, 3.8) is 0 Å². The molecule has 0 aliphatic heterocycles. The molecule has 0 heterocycles. The molecule has 0 radical (unpaired) electrons. The molecule has 23 heavy (non-hydrogen) atoms. The van der Waals surface area contributed by atoms with Crippen LogP contribution in [0.15, 0.2) is 0 Å². The summed E-state index contributed by atoms with van der Waals surface area (Å²) in [6.45, 7) is 5.12. The van der Waals surface area contributed by atoms with Gasteiger partial charge < -0.3 is 19.9 Å². The summed E-state index contributed by atoms with van der Waals surface area (Å²) in [6, 6.07) is -1.01. The van der Waals surface area contributed by atoms with E-state index in [4.69, 9.17) is 14.6 Å². The summed E-state index contributed by atoms with van der Waals surface area (Å²) >= 11 is 0. The monoisotopic (exact) mass is 329 g/mol. The predicted octanol–water partition coefficient (Wildman–Crippen LogP) is 2.62. The number of hydrogen-bond donors (Lipinski definition) is 2. The van der Waals surface area contributed by atoms with E-state index < -0.39 is 29.7 Å². The van der Waals surface area contributed by atoms with Crippen LogP contribution < -0.4 is 5.32 Å². The largest absolute Gasteiger partial charge is 0.481 e. The second-order valence-electron chi connectivity index (χ2n) is 6.83. The van der Waals surface area contributed by atoms with Crippen molar-refractivity contribution in [2.75, 3.05) is 0 Å². The van der Waals surface area contributed by atoms with E-state index in [0.29, 0.717) is 0 Å². The highest BCUT2D eigenvalue weighted by Gasteiger charge is 2.28. The molecule has 0 aromatic carbocycles. The van der Waals surface area contributed by atoms with Gasteiger partial charge in [0.1, 0.15) is 17.7 Å². The fourth-order valence-corrected chi connectivity index (χ4v) is 2.40. The van der Waals surface area contributed by atoms with Crippen molar-refractivity contribution in [1.29, 1.82) is 0 Å². The molecule has 7 heteroatoms. The van der Waals surface area contributed by atoms with Gasteiger partial charge in [-0.2, -0.15) is 0 Å². The van der Waals surface area contributed by atoms with Gasteiger partial charge in [0.2, 0.25) is 0 Å². The van der Waals surface area contributed by atoms with E-state index in [-0.39, 0.29) is 18.9 Å². The van der Waals surface area contributed by atoms with Crippen molar-refractivity contribution in [2.45, 2.75) is 83.5 Å². The number of carbonyl (C=O) groups excluding carboxylic acids is 2. The molecule has 0 saturated heterocycles. The predicted molar refractivity (Wildman–Crippen MR) is 83.0 cm³/mol. The van der Waals surface area contributed by atoms with Crippen LogP contribution in [0.3, 0.4) is 0 Å². The first-order valence-corrected chi connectivity index (χ1v) is 8.09. The highest BCUT2D eigenvalue weighted by atomic mass is 16.6. The van der Waals surface area contributed by atoms with Crippen LogP contribution in [-0.4, -0.2) is 40.9 Å². The van der Waals surface area contributed by atoms with Gasteiger partial charge in [0.05, 0.1) is 0 Å². The smallest absolute Gasteiger partial charge is 0.408 e. The van der Waals surface area contributed by atoms with Crippen LogP contribution in [0, 0.1) is 0 Å². The number of alkyl carbamates (subject to hydrolysis) is 1. The lowest BCUT2D eigenvalue weighted by Crippen LogP contribution is -2.45. The Kier molecular flexibility index (Phi) is 7.32. The Labute approximate surface area is 136 Å². The van der Waals surface area contributed by atoms with E-state index in [2.05, 4.69) is 5.32 Å². The van der Waals surface area contributed by atoms with E-state index in [1.54, 1.807) is 20.8 Å². The highest BCUT2D eigenvalue weighted by Crippen LogP contribution is 2.21. The first kappa shape index (κ1) is 19.3. The van der Waals surface area contributed by atoms with Gasteiger partial charge in [-0.25, -0.2) is 9.59 Å². The van der Waals surface area contributed by atoms with Gasteiger partial charge in [0.15, 0.2) is 0 Å². The molecule has 132 valence electrons. The Bertz CT molecular complexity index is 423. The van der Waals surface area contributed by atoms with Gasteiger partial charge in [-0.3, -0.25) is 4.79 Å². The zero-order chi connectivity index (χ0) is 17.5. The summed E-state index contributed by atoms with van der Waals surface area (Å²) in [7, 11) is 0. The molecule has 1 amide bonds. The molecule has 0 unspecified atom stereocenters. The third-order valence-corrected chi connectivity index (χ3v) is 3.46. The van der Waals surface area contributed by atoms with E-state index in [1.165, 1.54) is 0 Å². The lowest BCUT2D eigenvalue weighted by Gasteiger charge is -2.26. The number of nitrogens with one attached hydrogen (secondary N) is 1. The summed E-state index contributed by atoms with van der Waals surface area (Å²) in [5.41, 5.74) is -0.700. The van der Waals surface area contributed by atoms with Crippen molar-refractivity contribution in [3.05, 3.63) is 0 Å². The maximum atomic E-state index is 12.2. The number of ether oxygens (including phenoxy) is 2. The minimum absolute atomic E-state index is 0.0276. The third kappa shape index (κ3) is 8.42. The number of carbonyl (C=O) groups is 3. The Morgan fingerprint density at radius 2 is 1.78 bits per heavy atom. The van der Waals surface area contributed by atoms with Crippen LogP contribution in [0.4, 0.5) is 4.79 Å². The topological polar surface area (TPSA) is 102 Å². The fourth-order valence-electron chi connectivity index (χ4n) is 2.40. The first-order chi connectivity index (χ1) is 10.7. The maximum absolute atomic E-state index is 12.2. The van der Waals surface area contributed by atoms with Gasteiger partial charge in [-0.15, -0.1) is 0 Å². The Morgan fingerprint density at radius 3 is 2.30 bits per heavy atom. The van der Waals surface area contributed by atoms with Crippen molar-refractivity contribution < 1.29 is 29.0 Å². The lowest BCUT2D eigenvalue weighted by molar-refractivity contribution is -0.153. The van der Waals surface area contributed by atoms with Crippen LogP contribution in [0.2, 0.25) is 0 Å². The normalized spacial score (nSPS) is 17.2. The SMILES string of the molecule is CC(C)(C)OC(=O)N[C@@H](CCC(=O)O)C(=O)OC1CCCCC1. The quantitative estimate of drug-likeness (QED) is 0.726. The van der Waals surface area contributed by atoms with Crippen LogP contribution >= 0.6 is 0 Å². The zero-order valence-electron chi connectivity index (χ0n) is 14.1. The molecule has 0 aromatic rings. The van der Waals surface area contributed by atoms with Crippen molar-refractivity contribution in [2.24, 2.45) is 0 Å². The molecule has 0 bridgehead atoms. The molecule has 0 spiro atoms. The maximum Gasteiger partial charge on any atom is 0.408 e. The molecule has 2 N–H and O–H groups in total. The molecule has 1 rings (SSSR count). The molecule has 1 aliphatic carbocycles. The van der Waals surface area contributed by atoms with E-state index in [1.807, 2.05) is 0 Å². The first-order valence-electron chi connectivity index (χ1n) is 8.09. The van der Waals surface area contributed by atoms with Crippen molar-refractivity contribution in [3.8, 4) is 0 Å². The second kappa shape index (κ2) is 8.74. The Morgan fingerprint density at radius 1 is 1.17 bits per heavy atom. The lowest BCUT2D eigenvalue weighted by atomic mass is 9.98. The number of carboxylic acid groups (broad SMARTS) is 1. The van der Waals surface area contributed by atoms with Crippen molar-refractivity contribution >= 4 is 18.0 Å². The molecule has 1 aliphatic rings. The summed E-state index contributed by atoms with van der Waals surface area (Å²) in [6.07, 6.45) is 3.60. The Hall–Kier alpha value is -1.79. The number of aliphatic carboxylic acids is 1. The second-order valence-corrected chi connectivity index (χ2v) is 6.83. The van der Waals surface area contributed by atoms with Gasteiger partial charge in [-0.05, 0) is 52.9 Å². The number of esters is 1. The van der Waals surface area contributed by atoms with E-state index >= 15 is 0 Å². The summed E-state index contributed by atoms with van der Waals surface area (Å²) in [4.78, 5) is 34.8. The van der Waals surface area contributed by atoms with Gasteiger partial charge in [-0.1, -0.05) is 6.42 Å². The highest BCUT2D eigenvalue weighted by molar-refractivity contribution is 5.82. The average Bonchev–Trinajstić information content (AvgIpc) is 2.42. The summed E-state index contributed by atoms with van der Waals surface area (Å²) in [5.74, 6) is -1.63. The zero-order valence-corrected chi connectivity index (χ0v) is 14.1. The number of amides is 1. The molecular weight excluding hydrogens is 302 g/mol. The minimum atomic E-state index is -1.04. The molecule has 0 aromatic heterocycles.